The zero-order valence-electron chi connectivity index (χ0n) is 16.1. The molecule has 154 valence electrons. The van der Waals surface area contributed by atoms with E-state index >= 15 is 0 Å². The van der Waals surface area contributed by atoms with Gasteiger partial charge < -0.3 is 14.8 Å². The third kappa shape index (κ3) is 8.17. The van der Waals surface area contributed by atoms with Crippen molar-refractivity contribution in [2.45, 2.75) is 57.9 Å². The standard InChI is InChI=1S/C20H27ClN2O5/c1-14-12-16(9-10-17(14)21)27-11-5-8-19(25)28-13-18(24)23-20(26)22-15-6-3-2-4-7-15/h9-10,12,15H,2-8,11,13H2,1H3,(H2,22,23,24,26). The predicted octanol–water partition coefficient (Wildman–Crippen LogP) is 3.51. The smallest absolute Gasteiger partial charge is 0.321 e. The summed E-state index contributed by atoms with van der Waals surface area (Å²) in [7, 11) is 0. The Labute approximate surface area is 170 Å². The Morgan fingerprint density at radius 1 is 1.18 bits per heavy atom. The number of halogens is 1. The van der Waals surface area contributed by atoms with Crippen LogP contribution in [0.2, 0.25) is 5.02 Å². The van der Waals surface area contributed by atoms with Crippen molar-refractivity contribution in [3.05, 3.63) is 28.8 Å². The lowest BCUT2D eigenvalue weighted by Gasteiger charge is -2.22. The molecule has 0 saturated heterocycles. The van der Waals surface area contributed by atoms with E-state index in [0.29, 0.717) is 23.8 Å². The van der Waals surface area contributed by atoms with Crippen LogP contribution in [0.25, 0.3) is 0 Å². The van der Waals surface area contributed by atoms with Gasteiger partial charge >= 0.3 is 12.0 Å². The Kier molecular flexibility index (Phi) is 9.07. The Hall–Kier alpha value is -2.28. The Bertz CT molecular complexity index is 689. The number of urea groups is 1. The molecule has 2 rings (SSSR count). The van der Waals surface area contributed by atoms with Crippen molar-refractivity contribution in [2.75, 3.05) is 13.2 Å². The number of amides is 3. The highest BCUT2D eigenvalue weighted by molar-refractivity contribution is 6.31. The summed E-state index contributed by atoms with van der Waals surface area (Å²) >= 11 is 5.95. The monoisotopic (exact) mass is 410 g/mol. The van der Waals surface area contributed by atoms with E-state index in [4.69, 9.17) is 21.1 Å². The van der Waals surface area contributed by atoms with Gasteiger partial charge in [0.15, 0.2) is 6.61 Å². The van der Waals surface area contributed by atoms with Gasteiger partial charge in [0.2, 0.25) is 0 Å². The fraction of sp³-hybridized carbons (Fsp3) is 0.550. The number of nitrogens with one attached hydrogen (secondary N) is 2. The van der Waals surface area contributed by atoms with E-state index in [1.165, 1.54) is 6.42 Å². The number of carbonyl (C=O) groups is 3. The Morgan fingerprint density at radius 2 is 1.93 bits per heavy atom. The van der Waals surface area contributed by atoms with Crippen LogP contribution < -0.4 is 15.4 Å². The average molecular weight is 411 g/mol. The molecule has 1 fully saturated rings. The number of ether oxygens (including phenoxy) is 2. The molecule has 0 atom stereocenters. The molecule has 1 aliphatic rings. The van der Waals surface area contributed by atoms with Gasteiger partial charge in [0, 0.05) is 17.5 Å². The molecule has 0 aromatic heterocycles. The third-order valence-electron chi connectivity index (χ3n) is 4.48. The highest BCUT2D eigenvalue weighted by Gasteiger charge is 2.17. The largest absolute Gasteiger partial charge is 0.494 e. The first-order chi connectivity index (χ1) is 13.4. The summed E-state index contributed by atoms with van der Waals surface area (Å²) in [6.45, 7) is 1.74. The minimum absolute atomic E-state index is 0.105. The summed E-state index contributed by atoms with van der Waals surface area (Å²) < 4.78 is 10.4. The quantitative estimate of drug-likeness (QED) is 0.505. The van der Waals surface area contributed by atoms with Crippen LogP contribution in [-0.4, -0.2) is 37.2 Å². The van der Waals surface area contributed by atoms with E-state index in [9.17, 15) is 14.4 Å². The molecule has 3 amide bonds. The summed E-state index contributed by atoms with van der Waals surface area (Å²) in [5, 5.41) is 5.61. The molecule has 28 heavy (non-hydrogen) atoms. The van der Waals surface area contributed by atoms with Gasteiger partial charge in [0.1, 0.15) is 5.75 Å². The van der Waals surface area contributed by atoms with Gasteiger partial charge in [-0.2, -0.15) is 0 Å². The number of hydrogen-bond donors (Lipinski definition) is 2. The van der Waals surface area contributed by atoms with Gasteiger partial charge in [0.25, 0.3) is 5.91 Å². The van der Waals surface area contributed by atoms with Gasteiger partial charge in [-0.3, -0.25) is 14.9 Å². The molecule has 1 aliphatic carbocycles. The third-order valence-corrected chi connectivity index (χ3v) is 4.91. The van der Waals surface area contributed by atoms with Crippen molar-refractivity contribution >= 4 is 29.5 Å². The maximum Gasteiger partial charge on any atom is 0.321 e. The fourth-order valence-corrected chi connectivity index (χ4v) is 3.08. The van der Waals surface area contributed by atoms with Gasteiger partial charge in [-0.25, -0.2) is 4.79 Å². The first-order valence-electron chi connectivity index (χ1n) is 9.59. The van der Waals surface area contributed by atoms with Gasteiger partial charge in [0.05, 0.1) is 6.61 Å². The zero-order valence-corrected chi connectivity index (χ0v) is 16.8. The fourth-order valence-electron chi connectivity index (χ4n) is 2.96. The van der Waals surface area contributed by atoms with E-state index in [1.807, 2.05) is 13.0 Å². The second-order valence-electron chi connectivity index (χ2n) is 6.88. The molecule has 0 aliphatic heterocycles. The molecule has 0 bridgehead atoms. The van der Waals surface area contributed by atoms with Crippen molar-refractivity contribution in [3.63, 3.8) is 0 Å². The first-order valence-corrected chi connectivity index (χ1v) is 9.97. The number of aryl methyl sites for hydroxylation is 1. The summed E-state index contributed by atoms with van der Waals surface area (Å²) in [5.41, 5.74) is 0.914. The topological polar surface area (TPSA) is 93.7 Å². The second-order valence-corrected chi connectivity index (χ2v) is 7.29. The highest BCUT2D eigenvalue weighted by atomic mass is 35.5. The lowest BCUT2D eigenvalue weighted by atomic mass is 9.96. The summed E-state index contributed by atoms with van der Waals surface area (Å²) in [6, 6.07) is 4.90. The highest BCUT2D eigenvalue weighted by Crippen LogP contribution is 2.21. The minimum atomic E-state index is -0.644. The van der Waals surface area contributed by atoms with Crippen LogP contribution in [-0.2, 0) is 14.3 Å². The van der Waals surface area contributed by atoms with Gasteiger partial charge in [-0.05, 0) is 49.9 Å². The number of carbonyl (C=O) groups excluding carboxylic acids is 3. The SMILES string of the molecule is Cc1cc(OCCCC(=O)OCC(=O)NC(=O)NC2CCCCC2)ccc1Cl. The van der Waals surface area contributed by atoms with Gasteiger partial charge in [-0.1, -0.05) is 30.9 Å². The molecule has 0 radical (unpaired) electrons. The lowest BCUT2D eigenvalue weighted by Crippen LogP contribution is -2.46. The van der Waals surface area contributed by atoms with Crippen molar-refractivity contribution in [1.82, 2.24) is 10.6 Å². The molecule has 7 nitrogen and oxygen atoms in total. The number of imide groups is 1. The van der Waals surface area contributed by atoms with Crippen LogP contribution in [0.5, 0.6) is 5.75 Å². The number of rotatable bonds is 8. The minimum Gasteiger partial charge on any atom is -0.494 e. The maximum atomic E-state index is 11.7. The normalized spacial score (nSPS) is 14.2. The van der Waals surface area contributed by atoms with Crippen LogP contribution >= 0.6 is 11.6 Å². The molecular formula is C20H27ClN2O5. The number of esters is 1. The molecule has 1 aromatic rings. The summed E-state index contributed by atoms with van der Waals surface area (Å²) in [4.78, 5) is 35.1. The van der Waals surface area contributed by atoms with E-state index in [1.54, 1.807) is 12.1 Å². The van der Waals surface area contributed by atoms with E-state index < -0.39 is 24.5 Å². The molecule has 1 aromatic carbocycles. The summed E-state index contributed by atoms with van der Waals surface area (Å²) in [6.07, 6.45) is 5.76. The Morgan fingerprint density at radius 3 is 2.64 bits per heavy atom. The van der Waals surface area contributed by atoms with Crippen LogP contribution in [0.3, 0.4) is 0 Å². The van der Waals surface area contributed by atoms with Crippen LogP contribution in [0.1, 0.15) is 50.5 Å². The summed E-state index contributed by atoms with van der Waals surface area (Å²) in [5.74, 6) is -0.480. The molecule has 0 spiro atoms. The van der Waals surface area contributed by atoms with Crippen molar-refractivity contribution < 1.29 is 23.9 Å². The second kappa shape index (κ2) is 11.5. The predicted molar refractivity (Wildman–Crippen MR) is 105 cm³/mol. The molecular weight excluding hydrogens is 384 g/mol. The van der Waals surface area contributed by atoms with Crippen molar-refractivity contribution in [3.8, 4) is 5.75 Å². The molecule has 0 heterocycles. The van der Waals surface area contributed by atoms with E-state index in [2.05, 4.69) is 10.6 Å². The molecule has 1 saturated carbocycles. The van der Waals surface area contributed by atoms with Crippen molar-refractivity contribution in [2.24, 2.45) is 0 Å². The zero-order chi connectivity index (χ0) is 20.4. The lowest BCUT2D eigenvalue weighted by molar-refractivity contribution is -0.148. The van der Waals surface area contributed by atoms with E-state index in [-0.39, 0.29) is 12.5 Å². The van der Waals surface area contributed by atoms with Crippen LogP contribution in [0.4, 0.5) is 4.79 Å². The van der Waals surface area contributed by atoms with Crippen molar-refractivity contribution in [1.29, 1.82) is 0 Å². The maximum absolute atomic E-state index is 11.7. The van der Waals surface area contributed by atoms with Crippen LogP contribution in [0.15, 0.2) is 18.2 Å². The number of hydrogen-bond acceptors (Lipinski definition) is 5. The number of benzene rings is 1. The molecule has 8 heteroatoms. The molecule has 0 unspecified atom stereocenters. The van der Waals surface area contributed by atoms with Gasteiger partial charge in [-0.15, -0.1) is 0 Å². The first kappa shape index (κ1) is 22.0. The average Bonchev–Trinajstić information content (AvgIpc) is 2.67. The molecule has 2 N–H and O–H groups in total. The Balaban J connectivity index is 1.55. The van der Waals surface area contributed by atoms with E-state index in [0.717, 1.165) is 31.2 Å². The van der Waals surface area contributed by atoms with Crippen LogP contribution in [0, 0.1) is 6.92 Å².